The van der Waals surface area contributed by atoms with Gasteiger partial charge in [-0.2, -0.15) is 0 Å². The van der Waals surface area contributed by atoms with Gasteiger partial charge in [0.2, 0.25) is 15.9 Å². The number of amides is 2. The fraction of sp³-hybridized carbons (Fsp3) is 0.176. The summed E-state index contributed by atoms with van der Waals surface area (Å²) in [5, 5.41) is 11.0. The molecule has 0 aliphatic rings. The lowest BCUT2D eigenvalue weighted by Gasteiger charge is -2.12. The average Bonchev–Trinajstić information content (AvgIpc) is 2.66. The van der Waals surface area contributed by atoms with Gasteiger partial charge in [0.1, 0.15) is 0 Å². The van der Waals surface area contributed by atoms with E-state index < -0.39 is 26.8 Å². The number of para-hydroxylation sites is 1. The van der Waals surface area contributed by atoms with Crippen molar-refractivity contribution in [1.29, 1.82) is 0 Å². The molecule has 2 aromatic carbocycles. The van der Waals surface area contributed by atoms with Crippen molar-refractivity contribution >= 4 is 27.5 Å². The standard InChI is InChI=1S/C17H18N4O6S/c1-20(2)28(26,27)14-8-5-7-13(10-14)17(23)19-18-16(22)11-12-6-3-4-9-15(12)21(24)25/h3-10H,11H2,1-2H3,(H,18,22)(H,19,23). The number of hydrazine groups is 1. The number of nitro benzene ring substituents is 1. The van der Waals surface area contributed by atoms with E-state index in [0.29, 0.717) is 0 Å². The summed E-state index contributed by atoms with van der Waals surface area (Å²) in [5.74, 6) is -1.40. The molecule has 0 aliphatic carbocycles. The lowest BCUT2D eigenvalue weighted by Crippen LogP contribution is -2.42. The quantitative estimate of drug-likeness (QED) is 0.539. The maximum Gasteiger partial charge on any atom is 0.273 e. The van der Waals surface area contributed by atoms with Crippen molar-refractivity contribution in [3.05, 3.63) is 69.8 Å². The van der Waals surface area contributed by atoms with Crippen LogP contribution in [0.15, 0.2) is 53.4 Å². The Hall–Kier alpha value is -3.31. The SMILES string of the molecule is CN(C)S(=O)(=O)c1cccc(C(=O)NNC(=O)Cc2ccccc2[N+](=O)[O-])c1. The third-order valence-electron chi connectivity index (χ3n) is 3.73. The number of nitrogens with zero attached hydrogens (tertiary/aromatic N) is 2. The highest BCUT2D eigenvalue weighted by Gasteiger charge is 2.19. The predicted octanol–water partition coefficient (Wildman–Crippen LogP) is 0.849. The first-order chi connectivity index (χ1) is 13.1. The highest BCUT2D eigenvalue weighted by atomic mass is 32.2. The van der Waals surface area contributed by atoms with E-state index in [9.17, 15) is 28.1 Å². The van der Waals surface area contributed by atoms with Gasteiger partial charge in [0, 0.05) is 31.3 Å². The molecule has 2 aromatic rings. The van der Waals surface area contributed by atoms with Crippen LogP contribution in [0, 0.1) is 10.1 Å². The molecule has 10 nitrogen and oxygen atoms in total. The van der Waals surface area contributed by atoms with Crippen LogP contribution < -0.4 is 10.9 Å². The van der Waals surface area contributed by atoms with E-state index in [-0.39, 0.29) is 28.1 Å². The molecular weight excluding hydrogens is 388 g/mol. The van der Waals surface area contributed by atoms with Crippen LogP contribution in [-0.2, 0) is 21.2 Å². The molecule has 0 spiro atoms. The van der Waals surface area contributed by atoms with E-state index in [1.54, 1.807) is 6.07 Å². The van der Waals surface area contributed by atoms with Crippen molar-refractivity contribution in [1.82, 2.24) is 15.2 Å². The van der Waals surface area contributed by atoms with E-state index in [4.69, 9.17) is 0 Å². The van der Waals surface area contributed by atoms with Crippen LogP contribution in [0.25, 0.3) is 0 Å². The third kappa shape index (κ3) is 4.90. The van der Waals surface area contributed by atoms with E-state index in [1.165, 1.54) is 56.6 Å². The number of nitrogens with one attached hydrogen (secondary N) is 2. The second kappa shape index (κ2) is 8.59. The van der Waals surface area contributed by atoms with Gasteiger partial charge in [0.05, 0.1) is 16.2 Å². The summed E-state index contributed by atoms with van der Waals surface area (Å²) in [4.78, 5) is 34.5. The Balaban J connectivity index is 2.05. The Morgan fingerprint density at radius 2 is 1.75 bits per heavy atom. The van der Waals surface area contributed by atoms with Crippen LogP contribution in [0.2, 0.25) is 0 Å². The smallest absolute Gasteiger partial charge is 0.273 e. The molecule has 2 amide bonds. The minimum Gasteiger partial charge on any atom is -0.273 e. The predicted molar refractivity (Wildman–Crippen MR) is 99.7 cm³/mol. The first-order valence-electron chi connectivity index (χ1n) is 7.97. The van der Waals surface area contributed by atoms with E-state index in [2.05, 4.69) is 10.9 Å². The molecule has 0 saturated carbocycles. The molecule has 0 aliphatic heterocycles. The van der Waals surface area contributed by atoms with E-state index >= 15 is 0 Å². The van der Waals surface area contributed by atoms with Crippen molar-refractivity contribution in [3.63, 3.8) is 0 Å². The highest BCUT2D eigenvalue weighted by molar-refractivity contribution is 7.89. The number of nitro groups is 1. The summed E-state index contributed by atoms with van der Waals surface area (Å²) in [6, 6.07) is 11.1. The van der Waals surface area contributed by atoms with Gasteiger partial charge in [-0.3, -0.25) is 30.6 Å². The third-order valence-corrected chi connectivity index (χ3v) is 5.54. The molecule has 0 saturated heterocycles. The van der Waals surface area contributed by atoms with Crippen molar-refractivity contribution < 1.29 is 22.9 Å². The van der Waals surface area contributed by atoms with E-state index in [0.717, 1.165) is 4.31 Å². The van der Waals surface area contributed by atoms with Gasteiger partial charge < -0.3 is 0 Å². The largest absolute Gasteiger partial charge is 0.273 e. The Morgan fingerprint density at radius 1 is 1.07 bits per heavy atom. The second-order valence-corrected chi connectivity index (χ2v) is 8.03. The van der Waals surface area contributed by atoms with Crippen LogP contribution in [-0.4, -0.2) is 43.6 Å². The average molecular weight is 406 g/mol. The maximum atomic E-state index is 12.2. The van der Waals surface area contributed by atoms with Gasteiger partial charge >= 0.3 is 0 Å². The van der Waals surface area contributed by atoms with Crippen molar-refractivity contribution in [2.45, 2.75) is 11.3 Å². The van der Waals surface area contributed by atoms with Gasteiger partial charge in [-0.25, -0.2) is 12.7 Å². The fourth-order valence-corrected chi connectivity index (χ4v) is 3.21. The Kier molecular flexibility index (Phi) is 6.44. The first kappa shape index (κ1) is 21.0. The lowest BCUT2D eigenvalue weighted by molar-refractivity contribution is -0.385. The molecule has 0 atom stereocenters. The first-order valence-corrected chi connectivity index (χ1v) is 9.41. The summed E-state index contributed by atoms with van der Waals surface area (Å²) < 4.78 is 25.3. The molecule has 0 unspecified atom stereocenters. The Labute approximate surface area is 161 Å². The number of benzene rings is 2. The van der Waals surface area contributed by atoms with Crippen LogP contribution in [0.1, 0.15) is 15.9 Å². The normalized spacial score (nSPS) is 11.1. The molecule has 2 rings (SSSR count). The maximum absolute atomic E-state index is 12.2. The van der Waals surface area contributed by atoms with Crippen LogP contribution in [0.3, 0.4) is 0 Å². The van der Waals surface area contributed by atoms with Crippen molar-refractivity contribution in [3.8, 4) is 0 Å². The molecule has 0 fully saturated rings. The van der Waals surface area contributed by atoms with Crippen LogP contribution >= 0.6 is 0 Å². The molecule has 0 radical (unpaired) electrons. The zero-order chi connectivity index (χ0) is 20.9. The topological polar surface area (TPSA) is 139 Å². The van der Waals surface area contributed by atoms with Crippen LogP contribution in [0.4, 0.5) is 5.69 Å². The van der Waals surface area contributed by atoms with Gasteiger partial charge in [-0.05, 0) is 18.2 Å². The zero-order valence-corrected chi connectivity index (χ0v) is 15.9. The number of sulfonamides is 1. The molecule has 2 N–H and O–H groups in total. The summed E-state index contributed by atoms with van der Waals surface area (Å²) in [6.45, 7) is 0. The number of hydrogen-bond acceptors (Lipinski definition) is 6. The number of hydrogen-bond donors (Lipinski definition) is 2. The van der Waals surface area contributed by atoms with Crippen molar-refractivity contribution in [2.75, 3.05) is 14.1 Å². The molecule has 0 heterocycles. The highest BCUT2D eigenvalue weighted by Crippen LogP contribution is 2.18. The van der Waals surface area contributed by atoms with Crippen molar-refractivity contribution in [2.24, 2.45) is 0 Å². The zero-order valence-electron chi connectivity index (χ0n) is 15.1. The minimum absolute atomic E-state index is 0.0221. The molecule has 0 bridgehead atoms. The van der Waals surface area contributed by atoms with E-state index in [1.807, 2.05) is 0 Å². The number of carbonyl (C=O) groups is 2. The number of carbonyl (C=O) groups excluding carboxylic acids is 2. The molecule has 0 aromatic heterocycles. The summed E-state index contributed by atoms with van der Waals surface area (Å²) in [5.41, 5.74) is 4.33. The molecule has 28 heavy (non-hydrogen) atoms. The molecule has 11 heteroatoms. The summed E-state index contributed by atoms with van der Waals surface area (Å²) in [6.07, 6.45) is -0.313. The molecule has 148 valence electrons. The molecular formula is C17H18N4O6S. The van der Waals surface area contributed by atoms with Crippen LogP contribution in [0.5, 0.6) is 0 Å². The van der Waals surface area contributed by atoms with Gasteiger partial charge in [-0.1, -0.05) is 24.3 Å². The summed E-state index contributed by atoms with van der Waals surface area (Å²) >= 11 is 0. The van der Waals surface area contributed by atoms with Gasteiger partial charge in [-0.15, -0.1) is 0 Å². The fourth-order valence-electron chi connectivity index (χ4n) is 2.26. The Morgan fingerprint density at radius 3 is 2.39 bits per heavy atom. The monoisotopic (exact) mass is 406 g/mol. The minimum atomic E-state index is -3.72. The Bertz CT molecular complexity index is 1020. The second-order valence-electron chi connectivity index (χ2n) is 5.88. The van der Waals surface area contributed by atoms with Gasteiger partial charge in [0.25, 0.3) is 11.6 Å². The number of rotatable bonds is 6. The van der Waals surface area contributed by atoms with Gasteiger partial charge in [0.15, 0.2) is 0 Å². The lowest BCUT2D eigenvalue weighted by atomic mass is 10.1. The summed E-state index contributed by atoms with van der Waals surface area (Å²) in [7, 11) is -0.983.